The van der Waals surface area contributed by atoms with Crippen LogP contribution in [0.2, 0.25) is 5.02 Å². The minimum atomic E-state index is -0.993. The molecule has 0 fully saturated rings. The van der Waals surface area contributed by atoms with Crippen LogP contribution in [0.5, 0.6) is 0 Å². The number of allylic oxidation sites excluding steroid dienone is 1. The number of ether oxygens (including phenoxy) is 1. The fourth-order valence-corrected chi connectivity index (χ4v) is 5.39. The van der Waals surface area contributed by atoms with Gasteiger partial charge >= 0.3 is 5.97 Å². The molecule has 6 nitrogen and oxygen atoms in total. The van der Waals surface area contributed by atoms with Gasteiger partial charge in [-0.05, 0) is 73.3 Å². The van der Waals surface area contributed by atoms with Crippen LogP contribution in [0.1, 0.15) is 12.5 Å². The van der Waals surface area contributed by atoms with Crippen LogP contribution in [-0.4, -0.2) is 28.3 Å². The molecule has 0 saturated heterocycles. The van der Waals surface area contributed by atoms with E-state index in [0.29, 0.717) is 5.02 Å². The van der Waals surface area contributed by atoms with Gasteiger partial charge in [0, 0.05) is 15.1 Å². The van der Waals surface area contributed by atoms with E-state index in [-0.39, 0.29) is 11.7 Å². The summed E-state index contributed by atoms with van der Waals surface area (Å²) in [5.41, 5.74) is 3.30. The molecule has 0 saturated carbocycles. The molecule has 176 valence electrons. The number of benzene rings is 3. The minimum Gasteiger partial charge on any atom is -0.461 e. The summed E-state index contributed by atoms with van der Waals surface area (Å²) in [6.45, 7) is 2.03. The topological polar surface area (TPSA) is 57.5 Å². The second-order valence-electron chi connectivity index (χ2n) is 7.65. The van der Waals surface area contributed by atoms with Gasteiger partial charge in [-0.2, -0.15) is 10.2 Å². The number of nitrogens with zero attached hydrogens (tertiary/aromatic N) is 4. The summed E-state index contributed by atoms with van der Waals surface area (Å²) in [6.07, 6.45) is 3.96. The van der Waals surface area contributed by atoms with Crippen LogP contribution in [-0.2, 0) is 9.53 Å². The maximum atomic E-state index is 12.8. The molecule has 0 radical (unpaired) electrons. The molecule has 1 atom stereocenters. The zero-order chi connectivity index (χ0) is 24.4. The first kappa shape index (κ1) is 23.7. The highest BCUT2D eigenvalue weighted by Crippen LogP contribution is 2.48. The van der Waals surface area contributed by atoms with Crippen LogP contribution in [0, 0.1) is 0 Å². The van der Waals surface area contributed by atoms with E-state index in [2.05, 4.69) is 15.9 Å². The first-order chi connectivity index (χ1) is 17.0. The van der Waals surface area contributed by atoms with Crippen molar-refractivity contribution in [2.75, 3.05) is 16.6 Å². The summed E-state index contributed by atoms with van der Waals surface area (Å²) >= 11 is 11.1. The molecule has 9 heteroatoms. The van der Waals surface area contributed by atoms with Crippen molar-refractivity contribution < 1.29 is 9.53 Å². The Balaban J connectivity index is 1.66. The number of esters is 1. The van der Waals surface area contributed by atoms with E-state index in [4.69, 9.17) is 26.5 Å². The van der Waals surface area contributed by atoms with Gasteiger partial charge in [-0.15, -0.1) is 0 Å². The molecule has 2 heterocycles. The smallest absolute Gasteiger partial charge is 0.365 e. The van der Waals surface area contributed by atoms with Gasteiger partial charge in [0.2, 0.25) is 10.0 Å². The van der Waals surface area contributed by atoms with Gasteiger partial charge in [0.1, 0.15) is 0 Å². The number of para-hydroxylation sites is 1. The summed E-state index contributed by atoms with van der Waals surface area (Å²) in [6, 6.07) is 25.1. The first-order valence-electron chi connectivity index (χ1n) is 10.9. The number of rotatable bonds is 5. The molecular formula is C26H20BrClN4O2S. The van der Waals surface area contributed by atoms with Crippen molar-refractivity contribution in [3.8, 4) is 0 Å². The largest absolute Gasteiger partial charge is 0.461 e. The van der Waals surface area contributed by atoms with Crippen LogP contribution in [0.25, 0.3) is 0 Å². The molecule has 3 aromatic carbocycles. The Bertz CT molecular complexity index is 1350. The fourth-order valence-electron chi connectivity index (χ4n) is 3.79. The number of carbonyl (C=O) groups excluding carboxylic acids is 1. The lowest BCUT2D eigenvalue weighted by molar-refractivity contribution is -0.134. The molecule has 2 aliphatic rings. The lowest BCUT2D eigenvalue weighted by Gasteiger charge is -2.43. The number of hydrogen-bond acceptors (Lipinski definition) is 7. The van der Waals surface area contributed by atoms with Crippen molar-refractivity contribution in [2.45, 2.75) is 11.9 Å². The molecule has 0 N–H and O–H groups in total. The van der Waals surface area contributed by atoms with Crippen LogP contribution < -0.4 is 10.0 Å². The SMILES string of the molecule is CCOC(=O)C1=NN(c2cccc(Cl)c2)C2(C=CC(c3ccc(Br)cc3)=NN2c2ccccc2)S1. The van der Waals surface area contributed by atoms with Gasteiger partial charge in [-0.25, -0.2) is 14.8 Å². The molecule has 2 aliphatic heterocycles. The van der Waals surface area contributed by atoms with E-state index in [1.165, 1.54) is 11.8 Å². The number of halogens is 2. The fraction of sp³-hybridized carbons (Fsp3) is 0.115. The Morgan fingerprint density at radius 3 is 2.43 bits per heavy atom. The minimum absolute atomic E-state index is 0.236. The third kappa shape index (κ3) is 4.61. The van der Waals surface area contributed by atoms with Gasteiger partial charge in [0.15, 0.2) is 0 Å². The molecule has 0 aromatic heterocycles. The average molecular weight is 568 g/mol. The van der Waals surface area contributed by atoms with Crippen molar-refractivity contribution >= 4 is 67.4 Å². The molecule has 0 bridgehead atoms. The van der Waals surface area contributed by atoms with Crippen molar-refractivity contribution in [3.05, 3.63) is 106 Å². The number of anilines is 2. The van der Waals surface area contributed by atoms with Gasteiger partial charge in [0.25, 0.3) is 0 Å². The highest BCUT2D eigenvalue weighted by Gasteiger charge is 2.51. The number of hydrazone groups is 2. The Morgan fingerprint density at radius 2 is 1.71 bits per heavy atom. The highest BCUT2D eigenvalue weighted by molar-refractivity contribution is 9.10. The van der Waals surface area contributed by atoms with E-state index in [1.54, 1.807) is 18.0 Å². The van der Waals surface area contributed by atoms with Gasteiger partial charge in [0.05, 0.1) is 23.7 Å². The maximum Gasteiger partial charge on any atom is 0.365 e. The molecule has 35 heavy (non-hydrogen) atoms. The molecule has 1 unspecified atom stereocenters. The molecule has 5 rings (SSSR count). The normalized spacial score (nSPS) is 19.1. The number of hydrogen-bond donors (Lipinski definition) is 0. The summed E-state index contributed by atoms with van der Waals surface area (Å²) in [5.74, 6) is -0.481. The van der Waals surface area contributed by atoms with Crippen LogP contribution >= 0.6 is 39.3 Å². The average Bonchev–Trinajstić information content (AvgIpc) is 3.25. The quantitative estimate of drug-likeness (QED) is 0.323. The molecule has 3 aromatic rings. The van der Waals surface area contributed by atoms with Gasteiger partial charge in [-0.1, -0.05) is 63.9 Å². The highest BCUT2D eigenvalue weighted by atomic mass is 79.9. The van der Waals surface area contributed by atoms with Crippen molar-refractivity contribution in [1.82, 2.24) is 0 Å². The second kappa shape index (κ2) is 9.89. The van der Waals surface area contributed by atoms with E-state index >= 15 is 0 Å². The summed E-state index contributed by atoms with van der Waals surface area (Å²) in [7, 11) is 0. The predicted octanol–water partition coefficient (Wildman–Crippen LogP) is 6.67. The zero-order valence-corrected chi connectivity index (χ0v) is 21.8. The molecule has 0 amide bonds. The van der Waals surface area contributed by atoms with Gasteiger partial charge in [-0.3, -0.25) is 0 Å². The monoisotopic (exact) mass is 566 g/mol. The van der Waals surface area contributed by atoms with Crippen LogP contribution in [0.3, 0.4) is 0 Å². The standard InChI is InChI=1S/C26H20BrClN4O2S/c1-2-34-25(33)24-30-32(22-10-6-7-20(28)17-22)26(35-24)16-15-23(18-11-13-19(27)14-12-18)29-31(26)21-8-4-3-5-9-21/h3-17H,2H2,1H3. The molecule has 0 aliphatic carbocycles. The van der Waals surface area contributed by atoms with Crippen molar-refractivity contribution in [3.63, 3.8) is 0 Å². The third-order valence-electron chi connectivity index (χ3n) is 5.35. The molecule has 1 spiro atoms. The Kier molecular flexibility index (Phi) is 6.69. The Morgan fingerprint density at radius 1 is 1.00 bits per heavy atom. The van der Waals surface area contributed by atoms with E-state index in [0.717, 1.165) is 27.1 Å². The zero-order valence-electron chi connectivity index (χ0n) is 18.6. The summed E-state index contributed by atoms with van der Waals surface area (Å²) < 4.78 is 6.27. The van der Waals surface area contributed by atoms with Crippen LogP contribution in [0.15, 0.2) is 106 Å². The number of carbonyl (C=O) groups is 1. The first-order valence-corrected chi connectivity index (χ1v) is 12.9. The molecular weight excluding hydrogens is 548 g/mol. The van der Waals surface area contributed by atoms with E-state index in [1.807, 2.05) is 90.0 Å². The lowest BCUT2D eigenvalue weighted by atomic mass is 10.1. The van der Waals surface area contributed by atoms with E-state index in [9.17, 15) is 4.79 Å². The predicted molar refractivity (Wildman–Crippen MR) is 147 cm³/mol. The Labute approximate surface area is 221 Å². The van der Waals surface area contributed by atoms with Gasteiger partial charge < -0.3 is 4.74 Å². The third-order valence-corrected chi connectivity index (χ3v) is 7.34. The lowest BCUT2D eigenvalue weighted by Crippen LogP contribution is -2.53. The Hall–Kier alpha value is -3.07. The van der Waals surface area contributed by atoms with Crippen LogP contribution in [0.4, 0.5) is 11.4 Å². The maximum absolute atomic E-state index is 12.8. The van der Waals surface area contributed by atoms with E-state index < -0.39 is 11.0 Å². The summed E-state index contributed by atoms with van der Waals surface area (Å²) in [4.78, 5) is 11.8. The second-order valence-corrected chi connectivity index (χ2v) is 10.2. The van der Waals surface area contributed by atoms with Crippen molar-refractivity contribution in [2.24, 2.45) is 10.2 Å². The van der Waals surface area contributed by atoms with Crippen molar-refractivity contribution in [1.29, 1.82) is 0 Å². The number of thioether (sulfide) groups is 1. The summed E-state index contributed by atoms with van der Waals surface area (Å²) in [5, 5.41) is 14.2.